The highest BCUT2D eigenvalue weighted by Gasteiger charge is 2.20. The third-order valence-corrected chi connectivity index (χ3v) is 3.33. The first-order valence-electron chi connectivity index (χ1n) is 5.86. The summed E-state index contributed by atoms with van der Waals surface area (Å²) in [5.41, 5.74) is 7.58. The molecule has 0 bridgehead atoms. The summed E-state index contributed by atoms with van der Waals surface area (Å²) in [6.45, 7) is 5.69. The second-order valence-corrected chi connectivity index (χ2v) is 4.71. The summed E-state index contributed by atoms with van der Waals surface area (Å²) in [7, 11) is 0. The van der Waals surface area contributed by atoms with Gasteiger partial charge >= 0.3 is 0 Å². The summed E-state index contributed by atoms with van der Waals surface area (Å²) < 4.78 is 13.1. The van der Waals surface area contributed by atoms with Crippen molar-refractivity contribution in [2.45, 2.75) is 19.9 Å². The SMILES string of the molecule is Cc1cc(CN2CCC(CN)C2)ccc1F.Cl. The Morgan fingerprint density at radius 2 is 2.24 bits per heavy atom. The van der Waals surface area contributed by atoms with Crippen LogP contribution in [0.2, 0.25) is 0 Å². The van der Waals surface area contributed by atoms with E-state index in [-0.39, 0.29) is 18.2 Å². The molecular formula is C13H20ClFN2. The smallest absolute Gasteiger partial charge is 0.126 e. The van der Waals surface area contributed by atoms with Crippen LogP contribution in [0, 0.1) is 18.7 Å². The zero-order valence-corrected chi connectivity index (χ0v) is 11.0. The molecule has 0 spiro atoms. The average molecular weight is 259 g/mol. The number of rotatable bonds is 3. The summed E-state index contributed by atoms with van der Waals surface area (Å²) in [6.07, 6.45) is 1.19. The van der Waals surface area contributed by atoms with E-state index in [0.29, 0.717) is 5.92 Å². The van der Waals surface area contributed by atoms with E-state index in [9.17, 15) is 4.39 Å². The quantitative estimate of drug-likeness (QED) is 0.902. The maximum absolute atomic E-state index is 13.1. The van der Waals surface area contributed by atoms with E-state index in [1.165, 1.54) is 12.0 Å². The van der Waals surface area contributed by atoms with Gasteiger partial charge in [0.2, 0.25) is 0 Å². The van der Waals surface area contributed by atoms with Gasteiger partial charge in [-0.2, -0.15) is 0 Å². The number of nitrogens with zero attached hydrogens (tertiary/aromatic N) is 1. The first kappa shape index (κ1) is 14.4. The third-order valence-electron chi connectivity index (χ3n) is 3.33. The number of likely N-dealkylation sites (tertiary alicyclic amines) is 1. The van der Waals surface area contributed by atoms with Gasteiger partial charge in [0, 0.05) is 13.1 Å². The van der Waals surface area contributed by atoms with E-state index in [1.807, 2.05) is 19.1 Å². The monoisotopic (exact) mass is 258 g/mol. The lowest BCUT2D eigenvalue weighted by molar-refractivity contribution is 0.317. The van der Waals surface area contributed by atoms with E-state index in [4.69, 9.17) is 5.73 Å². The molecule has 1 atom stereocenters. The summed E-state index contributed by atoms with van der Waals surface area (Å²) in [4.78, 5) is 2.39. The van der Waals surface area contributed by atoms with E-state index in [0.717, 1.165) is 31.7 Å². The van der Waals surface area contributed by atoms with Crippen LogP contribution in [-0.2, 0) is 6.54 Å². The van der Waals surface area contributed by atoms with Gasteiger partial charge in [-0.3, -0.25) is 4.90 Å². The van der Waals surface area contributed by atoms with Crippen LogP contribution < -0.4 is 5.73 Å². The summed E-state index contributed by atoms with van der Waals surface area (Å²) in [5, 5.41) is 0. The first-order valence-corrected chi connectivity index (χ1v) is 5.86. The first-order chi connectivity index (χ1) is 7.69. The van der Waals surface area contributed by atoms with Crippen molar-refractivity contribution in [3.05, 3.63) is 35.1 Å². The summed E-state index contributed by atoms with van der Waals surface area (Å²) in [6, 6.07) is 5.37. The van der Waals surface area contributed by atoms with Crippen LogP contribution >= 0.6 is 12.4 Å². The molecule has 0 aliphatic carbocycles. The highest BCUT2D eigenvalue weighted by molar-refractivity contribution is 5.85. The molecule has 1 aliphatic heterocycles. The van der Waals surface area contributed by atoms with Crippen molar-refractivity contribution in [1.29, 1.82) is 0 Å². The zero-order chi connectivity index (χ0) is 11.5. The van der Waals surface area contributed by atoms with Gasteiger partial charge in [-0.05, 0) is 49.5 Å². The van der Waals surface area contributed by atoms with Gasteiger partial charge in [-0.25, -0.2) is 4.39 Å². The Morgan fingerprint density at radius 1 is 1.47 bits per heavy atom. The molecule has 17 heavy (non-hydrogen) atoms. The second kappa shape index (κ2) is 6.34. The van der Waals surface area contributed by atoms with Crippen LogP contribution in [-0.4, -0.2) is 24.5 Å². The number of halogens is 2. The minimum Gasteiger partial charge on any atom is -0.330 e. The van der Waals surface area contributed by atoms with Gasteiger partial charge in [0.15, 0.2) is 0 Å². The molecule has 2 nitrogen and oxygen atoms in total. The predicted molar refractivity (Wildman–Crippen MR) is 70.8 cm³/mol. The minimum atomic E-state index is -0.120. The average Bonchev–Trinajstić information content (AvgIpc) is 2.71. The molecule has 2 rings (SSSR count). The third kappa shape index (κ3) is 3.66. The van der Waals surface area contributed by atoms with Gasteiger partial charge in [-0.15, -0.1) is 12.4 Å². The van der Waals surface area contributed by atoms with Crippen molar-refractivity contribution in [1.82, 2.24) is 4.90 Å². The Morgan fingerprint density at radius 3 is 2.82 bits per heavy atom. The topological polar surface area (TPSA) is 29.3 Å². The van der Waals surface area contributed by atoms with Crippen molar-refractivity contribution in [3.63, 3.8) is 0 Å². The molecule has 1 aromatic rings. The van der Waals surface area contributed by atoms with Crippen LogP contribution in [0.1, 0.15) is 17.5 Å². The van der Waals surface area contributed by atoms with Crippen LogP contribution in [0.5, 0.6) is 0 Å². The van der Waals surface area contributed by atoms with Gasteiger partial charge in [0.05, 0.1) is 0 Å². The largest absolute Gasteiger partial charge is 0.330 e. The lowest BCUT2D eigenvalue weighted by atomic mass is 10.1. The molecule has 0 saturated carbocycles. The van der Waals surface area contributed by atoms with Crippen molar-refractivity contribution < 1.29 is 4.39 Å². The number of hydrogen-bond donors (Lipinski definition) is 1. The van der Waals surface area contributed by atoms with Crippen LogP contribution in [0.3, 0.4) is 0 Å². The fraction of sp³-hybridized carbons (Fsp3) is 0.538. The van der Waals surface area contributed by atoms with Crippen molar-refractivity contribution in [2.75, 3.05) is 19.6 Å². The lowest BCUT2D eigenvalue weighted by Crippen LogP contribution is -2.22. The van der Waals surface area contributed by atoms with E-state index >= 15 is 0 Å². The summed E-state index contributed by atoms with van der Waals surface area (Å²) >= 11 is 0. The van der Waals surface area contributed by atoms with Gasteiger partial charge in [0.25, 0.3) is 0 Å². The molecule has 1 fully saturated rings. The maximum atomic E-state index is 13.1. The van der Waals surface area contributed by atoms with Crippen LogP contribution in [0.25, 0.3) is 0 Å². The van der Waals surface area contributed by atoms with E-state index in [2.05, 4.69) is 4.90 Å². The second-order valence-electron chi connectivity index (χ2n) is 4.71. The maximum Gasteiger partial charge on any atom is 0.126 e. The standard InChI is InChI=1S/C13H19FN2.ClH/c1-10-6-11(2-3-13(10)14)8-16-5-4-12(7-15)9-16;/h2-3,6,12H,4-5,7-9,15H2,1H3;1H. The number of benzene rings is 1. The molecule has 1 aliphatic rings. The zero-order valence-electron chi connectivity index (χ0n) is 10.2. The van der Waals surface area contributed by atoms with Crippen molar-refractivity contribution in [3.8, 4) is 0 Å². The number of nitrogens with two attached hydrogens (primary N) is 1. The van der Waals surface area contributed by atoms with Gasteiger partial charge in [0.1, 0.15) is 5.82 Å². The molecule has 1 unspecified atom stereocenters. The summed E-state index contributed by atoms with van der Waals surface area (Å²) in [5.74, 6) is 0.520. The Balaban J connectivity index is 0.00000144. The Kier molecular flexibility index (Phi) is 5.37. The Hall–Kier alpha value is -0.640. The van der Waals surface area contributed by atoms with Crippen LogP contribution in [0.4, 0.5) is 4.39 Å². The fourth-order valence-corrected chi connectivity index (χ4v) is 2.31. The molecule has 0 amide bonds. The van der Waals surface area contributed by atoms with E-state index < -0.39 is 0 Å². The highest BCUT2D eigenvalue weighted by atomic mass is 35.5. The molecular weight excluding hydrogens is 239 g/mol. The molecule has 0 aromatic heterocycles. The van der Waals surface area contributed by atoms with Gasteiger partial charge < -0.3 is 5.73 Å². The molecule has 0 radical (unpaired) electrons. The molecule has 4 heteroatoms. The fourth-order valence-electron chi connectivity index (χ4n) is 2.31. The molecule has 1 aromatic carbocycles. The molecule has 2 N–H and O–H groups in total. The van der Waals surface area contributed by atoms with Gasteiger partial charge in [-0.1, -0.05) is 12.1 Å². The minimum absolute atomic E-state index is 0. The Bertz CT molecular complexity index is 370. The van der Waals surface area contributed by atoms with Crippen molar-refractivity contribution >= 4 is 12.4 Å². The highest BCUT2D eigenvalue weighted by Crippen LogP contribution is 2.18. The predicted octanol–water partition coefficient (Wildman–Crippen LogP) is 2.34. The molecule has 96 valence electrons. The molecule has 1 saturated heterocycles. The van der Waals surface area contributed by atoms with Crippen molar-refractivity contribution in [2.24, 2.45) is 11.7 Å². The van der Waals surface area contributed by atoms with Crippen LogP contribution in [0.15, 0.2) is 18.2 Å². The lowest BCUT2D eigenvalue weighted by Gasteiger charge is -2.16. The molecule has 1 heterocycles. The van der Waals surface area contributed by atoms with E-state index in [1.54, 1.807) is 6.07 Å². The number of aryl methyl sites for hydroxylation is 1. The number of hydrogen-bond acceptors (Lipinski definition) is 2. The Labute approximate surface area is 108 Å². The normalized spacial score (nSPS) is 20.3.